The number of nitrogens with zero attached hydrogens (tertiary/aromatic N) is 1. The summed E-state index contributed by atoms with van der Waals surface area (Å²) >= 11 is 0. The number of amides is 1. The van der Waals surface area contributed by atoms with Crippen molar-refractivity contribution < 1.29 is 14.3 Å². The lowest BCUT2D eigenvalue weighted by Gasteiger charge is -2.32. The van der Waals surface area contributed by atoms with Gasteiger partial charge in [0.25, 0.3) is 5.91 Å². The van der Waals surface area contributed by atoms with Gasteiger partial charge in [0.2, 0.25) is 0 Å². The lowest BCUT2D eigenvalue weighted by Crippen LogP contribution is -2.34. The molecule has 0 saturated carbocycles. The molecule has 2 heterocycles. The van der Waals surface area contributed by atoms with Gasteiger partial charge in [0.15, 0.2) is 11.5 Å². The summed E-state index contributed by atoms with van der Waals surface area (Å²) in [4.78, 5) is 15.0. The van der Waals surface area contributed by atoms with Gasteiger partial charge in [0.05, 0.1) is 13.2 Å². The van der Waals surface area contributed by atoms with E-state index in [1.54, 1.807) is 7.11 Å². The molecule has 3 aromatic rings. The first-order valence-corrected chi connectivity index (χ1v) is 9.53. The van der Waals surface area contributed by atoms with E-state index < -0.39 is 0 Å². The number of rotatable bonds is 4. The molecule has 0 saturated heterocycles. The maximum Gasteiger partial charge on any atom is 0.255 e. The van der Waals surface area contributed by atoms with Crippen LogP contribution in [-0.2, 0) is 13.0 Å². The molecule has 3 aromatic carbocycles. The first-order valence-electron chi connectivity index (χ1n) is 9.53. The molecule has 4 heteroatoms. The predicted octanol–water partition coefficient (Wildman–Crippen LogP) is 4.38. The van der Waals surface area contributed by atoms with E-state index in [2.05, 4.69) is 18.2 Å². The Labute approximate surface area is 164 Å². The average Bonchev–Trinajstić information content (AvgIpc) is 3.04. The second-order valence-electron chi connectivity index (χ2n) is 7.21. The summed E-state index contributed by atoms with van der Waals surface area (Å²) in [5.74, 6) is 1.33. The number of ether oxygens (including phenoxy) is 2. The first kappa shape index (κ1) is 16.9. The summed E-state index contributed by atoms with van der Waals surface area (Å²) in [5.41, 5.74) is 5.32. The third kappa shape index (κ3) is 2.64. The molecule has 0 spiro atoms. The molecule has 0 aliphatic carbocycles. The Balaban J connectivity index is 1.56. The van der Waals surface area contributed by atoms with Gasteiger partial charge >= 0.3 is 0 Å². The Bertz CT molecular complexity index is 1040. The van der Waals surface area contributed by atoms with Gasteiger partial charge in [-0.25, -0.2) is 0 Å². The van der Waals surface area contributed by atoms with Crippen molar-refractivity contribution in [3.63, 3.8) is 0 Å². The van der Waals surface area contributed by atoms with E-state index in [0.29, 0.717) is 23.7 Å². The number of hydrogen-bond acceptors (Lipinski definition) is 3. The molecule has 1 atom stereocenters. The third-order valence-electron chi connectivity index (χ3n) is 5.64. The zero-order valence-corrected chi connectivity index (χ0v) is 15.7. The van der Waals surface area contributed by atoms with Gasteiger partial charge in [-0.05, 0) is 40.8 Å². The summed E-state index contributed by atoms with van der Waals surface area (Å²) in [6.07, 6.45) is 0.890. The third-order valence-corrected chi connectivity index (χ3v) is 5.64. The minimum atomic E-state index is -0.0440. The highest BCUT2D eigenvalue weighted by molar-refractivity contribution is 6.01. The monoisotopic (exact) mass is 371 g/mol. The first-order chi connectivity index (χ1) is 13.8. The van der Waals surface area contributed by atoms with Crippen LogP contribution in [0.1, 0.15) is 38.7 Å². The molecule has 5 rings (SSSR count). The Morgan fingerprint density at radius 1 is 0.964 bits per heavy atom. The minimum Gasteiger partial charge on any atom is -0.493 e. The molecule has 4 nitrogen and oxygen atoms in total. The molecule has 0 fully saturated rings. The largest absolute Gasteiger partial charge is 0.493 e. The normalized spacial score (nSPS) is 17.0. The molecular formula is C24H21NO3. The fourth-order valence-corrected chi connectivity index (χ4v) is 4.27. The van der Waals surface area contributed by atoms with Crippen molar-refractivity contribution in [1.82, 2.24) is 4.90 Å². The maximum absolute atomic E-state index is 13.0. The minimum absolute atomic E-state index is 0.0440. The predicted molar refractivity (Wildman–Crippen MR) is 107 cm³/mol. The number of benzene rings is 3. The van der Waals surface area contributed by atoms with Crippen LogP contribution >= 0.6 is 0 Å². The molecule has 140 valence electrons. The lowest BCUT2D eigenvalue weighted by atomic mass is 9.90. The second-order valence-corrected chi connectivity index (χ2v) is 7.21. The molecule has 2 aliphatic rings. The molecular weight excluding hydrogens is 350 g/mol. The van der Waals surface area contributed by atoms with Crippen molar-refractivity contribution in [3.8, 4) is 11.5 Å². The Hall–Kier alpha value is -3.27. The van der Waals surface area contributed by atoms with Gasteiger partial charge in [-0.1, -0.05) is 54.6 Å². The number of carbonyl (C=O) groups is 1. The topological polar surface area (TPSA) is 38.8 Å². The molecule has 28 heavy (non-hydrogen) atoms. The van der Waals surface area contributed by atoms with Crippen molar-refractivity contribution in [3.05, 3.63) is 94.5 Å². The highest BCUT2D eigenvalue weighted by Gasteiger charge is 2.41. The Kier molecular flexibility index (Phi) is 4.05. The number of methoxy groups -OCH3 is 1. The van der Waals surface area contributed by atoms with Crippen LogP contribution < -0.4 is 9.47 Å². The molecule has 1 unspecified atom stereocenters. The zero-order chi connectivity index (χ0) is 19.1. The van der Waals surface area contributed by atoms with Gasteiger partial charge < -0.3 is 14.4 Å². The smallest absolute Gasteiger partial charge is 0.255 e. The van der Waals surface area contributed by atoms with E-state index in [4.69, 9.17) is 9.47 Å². The molecule has 1 amide bonds. The second kappa shape index (κ2) is 6.71. The van der Waals surface area contributed by atoms with Crippen molar-refractivity contribution in [2.24, 2.45) is 0 Å². The van der Waals surface area contributed by atoms with Gasteiger partial charge in [-0.15, -0.1) is 0 Å². The van der Waals surface area contributed by atoms with Crippen LogP contribution in [0, 0.1) is 0 Å². The summed E-state index contributed by atoms with van der Waals surface area (Å²) in [6, 6.07) is 22.2. The average molecular weight is 371 g/mol. The van der Waals surface area contributed by atoms with Crippen LogP contribution in [0.25, 0.3) is 0 Å². The number of fused-ring (bicyclic) bond motifs is 5. The van der Waals surface area contributed by atoms with E-state index >= 15 is 0 Å². The van der Waals surface area contributed by atoms with Gasteiger partial charge in [0.1, 0.15) is 6.61 Å². The maximum atomic E-state index is 13.0. The zero-order valence-electron chi connectivity index (χ0n) is 15.7. The summed E-state index contributed by atoms with van der Waals surface area (Å²) < 4.78 is 11.6. The molecule has 0 bridgehead atoms. The van der Waals surface area contributed by atoms with Gasteiger partial charge in [-0.3, -0.25) is 4.79 Å². The molecule has 2 aliphatic heterocycles. The van der Waals surface area contributed by atoms with Crippen molar-refractivity contribution >= 4 is 5.91 Å². The van der Waals surface area contributed by atoms with Crippen LogP contribution in [-0.4, -0.2) is 24.5 Å². The van der Waals surface area contributed by atoms with Gasteiger partial charge in [-0.2, -0.15) is 0 Å². The fourth-order valence-electron chi connectivity index (χ4n) is 4.27. The van der Waals surface area contributed by atoms with E-state index in [1.165, 1.54) is 11.1 Å². The Morgan fingerprint density at radius 3 is 2.57 bits per heavy atom. The van der Waals surface area contributed by atoms with E-state index in [0.717, 1.165) is 24.1 Å². The van der Waals surface area contributed by atoms with Crippen molar-refractivity contribution in [1.29, 1.82) is 0 Å². The van der Waals surface area contributed by atoms with E-state index in [-0.39, 0.29) is 11.9 Å². The highest BCUT2D eigenvalue weighted by atomic mass is 16.5. The van der Waals surface area contributed by atoms with Crippen LogP contribution in [0.15, 0.2) is 66.7 Å². The van der Waals surface area contributed by atoms with Crippen LogP contribution in [0.2, 0.25) is 0 Å². The van der Waals surface area contributed by atoms with Crippen LogP contribution in [0.3, 0.4) is 0 Å². The van der Waals surface area contributed by atoms with Gasteiger partial charge in [0, 0.05) is 12.1 Å². The molecule has 0 aromatic heterocycles. The fraction of sp³-hybridized carbons (Fsp3) is 0.208. The van der Waals surface area contributed by atoms with Crippen molar-refractivity contribution in [2.45, 2.75) is 19.1 Å². The SMILES string of the molecule is COc1cc2c(cc1OCc1ccccc1)C1c3ccccc3CCN1C2=O. The highest BCUT2D eigenvalue weighted by Crippen LogP contribution is 2.46. The van der Waals surface area contributed by atoms with Crippen LogP contribution in [0.5, 0.6) is 11.5 Å². The summed E-state index contributed by atoms with van der Waals surface area (Å²) in [5, 5.41) is 0. The van der Waals surface area contributed by atoms with Crippen molar-refractivity contribution in [2.75, 3.05) is 13.7 Å². The van der Waals surface area contributed by atoms with Crippen LogP contribution in [0.4, 0.5) is 0 Å². The molecule has 0 radical (unpaired) electrons. The standard InChI is InChI=1S/C24H21NO3/c1-27-21-14-20-19(13-22(21)28-15-16-7-3-2-4-8-16)23-18-10-6-5-9-17(18)11-12-25(23)24(20)26/h2-10,13-14,23H,11-12,15H2,1H3. The van der Waals surface area contributed by atoms with E-state index in [1.807, 2.05) is 53.4 Å². The summed E-state index contributed by atoms with van der Waals surface area (Å²) in [7, 11) is 1.61. The quantitative estimate of drug-likeness (QED) is 0.683. The lowest BCUT2D eigenvalue weighted by molar-refractivity contribution is 0.0740. The van der Waals surface area contributed by atoms with E-state index in [9.17, 15) is 4.79 Å². The number of carbonyl (C=O) groups excluding carboxylic acids is 1. The number of hydrogen-bond donors (Lipinski definition) is 0. The molecule has 0 N–H and O–H groups in total. The Morgan fingerprint density at radius 2 is 1.75 bits per heavy atom. The summed E-state index contributed by atoms with van der Waals surface area (Å²) in [6.45, 7) is 1.19.